The Labute approximate surface area is 838 Å². The number of phenols is 5. The number of pyridine rings is 5. The smallest absolute Gasteiger partial charge is 0.159 e. The minimum Gasteiger partial charge on any atom is -0.508 e. The summed E-state index contributed by atoms with van der Waals surface area (Å²) in [7, 11) is 8.28. The monoisotopic (exact) mass is 1930 g/mol. The molecule has 2 fully saturated rings. The van der Waals surface area contributed by atoms with Crippen LogP contribution in [0.25, 0.3) is 165 Å². The van der Waals surface area contributed by atoms with Crippen LogP contribution in [0.4, 0.5) is 29.1 Å². The second-order valence-electron chi connectivity index (χ2n) is 39.9. The molecule has 2 aliphatic heterocycles. The van der Waals surface area contributed by atoms with Crippen LogP contribution < -0.4 is 25.8 Å². The lowest BCUT2D eigenvalue weighted by Crippen LogP contribution is -2.44. The van der Waals surface area contributed by atoms with Crippen molar-refractivity contribution in [2.75, 3.05) is 133 Å². The summed E-state index contributed by atoms with van der Waals surface area (Å²) in [5, 5.41) is 112. The van der Waals surface area contributed by atoms with Gasteiger partial charge in [0.15, 0.2) is 29.1 Å². The summed E-state index contributed by atoms with van der Waals surface area (Å²) in [6.07, 6.45) is 22.2. The van der Waals surface area contributed by atoms with Gasteiger partial charge in [-0.25, -0.2) is 24.9 Å². The molecule has 145 heavy (non-hydrogen) atoms. The number of H-pyrrole nitrogens is 5. The number of aryl methyl sites for hydroxylation is 5. The number of fused-ring (bicyclic) bond motifs is 25. The number of aliphatic hydroxyl groups excluding tert-OH is 1. The summed E-state index contributed by atoms with van der Waals surface area (Å²) < 4.78 is 5.55. The number of nitrogens with two attached hydrogens (primary N) is 1. The van der Waals surface area contributed by atoms with Crippen molar-refractivity contribution in [3.8, 4) is 85.0 Å². The Bertz CT molecular complexity index is 8270. The van der Waals surface area contributed by atoms with E-state index in [2.05, 4.69) is 129 Å². The number of benzene rings is 10. The highest BCUT2D eigenvalue weighted by Crippen LogP contribution is 2.49. The Morgan fingerprint density at radius 3 is 0.959 bits per heavy atom. The zero-order valence-electron chi connectivity index (χ0n) is 82.3. The number of nitrogens with one attached hydrogen (secondary N) is 6. The first-order chi connectivity index (χ1) is 71.0. The lowest BCUT2D eigenvalue weighted by Gasteiger charge is -2.33. The third kappa shape index (κ3) is 17.9. The van der Waals surface area contributed by atoms with Gasteiger partial charge < -0.3 is 70.9 Å². The van der Waals surface area contributed by atoms with E-state index in [-0.39, 0.29) is 35.4 Å². The Balaban J connectivity index is 0.000000100. The van der Waals surface area contributed by atoms with Crippen LogP contribution in [0.2, 0.25) is 0 Å². The highest BCUT2D eigenvalue weighted by molar-refractivity contribution is 6.18. The Kier molecular flexibility index (Phi) is 25.7. The molecule has 14 N–H and O–H groups in total. The van der Waals surface area contributed by atoms with E-state index in [1.165, 1.54) is 139 Å². The van der Waals surface area contributed by atoms with E-state index in [1.54, 1.807) is 60.7 Å². The molecule has 0 bridgehead atoms. The number of phenolic OH excluding ortho intramolecular Hbond substituents is 5. The van der Waals surface area contributed by atoms with Crippen molar-refractivity contribution in [1.29, 1.82) is 0 Å². The summed E-state index contributed by atoms with van der Waals surface area (Å²) in [6, 6.07) is 57.6. The normalized spacial score (nSPS) is 15.2. The van der Waals surface area contributed by atoms with E-state index >= 15 is 0 Å². The molecule has 5 aliphatic carbocycles. The Morgan fingerprint density at radius 2 is 0.607 bits per heavy atom. The van der Waals surface area contributed by atoms with E-state index in [4.69, 9.17) is 45.6 Å². The van der Waals surface area contributed by atoms with Gasteiger partial charge in [0.2, 0.25) is 0 Å². The van der Waals surface area contributed by atoms with Crippen molar-refractivity contribution < 1.29 is 35.4 Å². The SMILES string of the molecule is CN(C)CCNc1n[nH]c2ccc3nc(-c4ccc(O)cc4)c4c(c3c12)CCCC4.CN(CCO)c1n[nH]c2ccc3nc(-c4ccc(O)cc4)c4c(c3c12)CCCC4.CN1CCN(c2n[nH]c3ccc4nc(-c5ccc(O)cc5)c5c(c4c23)CCCC5)CC1.Nc1n[nH]c2ccc3nc(-c4ccc(O)cc4)c4c(c3c12)CCCC4.Oc1ccc(-c2nc3ccc4[nH]nc(N5CCOCC5)c4c3c3c2CCCC3)cc1. The van der Waals surface area contributed by atoms with Gasteiger partial charge in [-0.2, -0.15) is 25.5 Å². The summed E-state index contributed by atoms with van der Waals surface area (Å²) in [5.74, 6) is 5.77. The molecule has 10 aromatic heterocycles. The molecule has 0 saturated carbocycles. The van der Waals surface area contributed by atoms with Crippen molar-refractivity contribution in [2.45, 2.75) is 128 Å². The van der Waals surface area contributed by atoms with Gasteiger partial charge in [0.1, 0.15) is 28.7 Å². The van der Waals surface area contributed by atoms with Crippen LogP contribution >= 0.6 is 0 Å². The number of aliphatic hydroxyl groups is 1. The molecule has 29 heteroatoms. The highest BCUT2D eigenvalue weighted by atomic mass is 16.5. The largest absolute Gasteiger partial charge is 0.508 e. The van der Waals surface area contributed by atoms with Crippen LogP contribution in [-0.2, 0) is 68.9 Å². The first-order valence-corrected chi connectivity index (χ1v) is 51.3. The molecule has 27 rings (SSSR count). The van der Waals surface area contributed by atoms with Gasteiger partial charge in [0, 0.05) is 121 Å². The van der Waals surface area contributed by atoms with E-state index < -0.39 is 0 Å². The van der Waals surface area contributed by atoms with Gasteiger partial charge in [-0.3, -0.25) is 25.5 Å². The maximum Gasteiger partial charge on any atom is 0.159 e. The lowest BCUT2D eigenvalue weighted by atomic mass is 9.85. The Hall–Kier alpha value is -15.6. The minimum absolute atomic E-state index is 0.0803. The zero-order chi connectivity index (χ0) is 98.6. The quantitative estimate of drug-likeness (QED) is 0.0481. The number of morpholine rings is 1. The first-order valence-electron chi connectivity index (χ1n) is 51.3. The summed E-state index contributed by atoms with van der Waals surface area (Å²) in [5.41, 5.74) is 40.3. The second-order valence-corrected chi connectivity index (χ2v) is 39.9. The van der Waals surface area contributed by atoms with E-state index in [0.717, 1.165) is 299 Å². The van der Waals surface area contributed by atoms with Crippen molar-refractivity contribution in [3.63, 3.8) is 0 Å². The van der Waals surface area contributed by atoms with Crippen LogP contribution in [0.3, 0.4) is 0 Å². The third-order valence-electron chi connectivity index (χ3n) is 30.4. The van der Waals surface area contributed by atoms with Gasteiger partial charge in [-0.05, 0) is 387 Å². The average Bonchev–Trinajstić information content (AvgIpc) is 1.70. The van der Waals surface area contributed by atoms with E-state index in [0.29, 0.717) is 12.4 Å². The number of rotatable bonds is 14. The molecule has 0 atom stereocenters. The molecule has 736 valence electrons. The topological polar surface area (TPSA) is 393 Å². The summed E-state index contributed by atoms with van der Waals surface area (Å²) in [4.78, 5) is 36.7. The maximum atomic E-state index is 9.74. The molecule has 29 nitrogen and oxygen atoms in total. The first kappa shape index (κ1) is 93.1. The number of aromatic amines is 5. The van der Waals surface area contributed by atoms with Crippen LogP contribution in [0.5, 0.6) is 28.7 Å². The molecule has 0 radical (unpaired) electrons. The van der Waals surface area contributed by atoms with Crippen molar-refractivity contribution in [3.05, 3.63) is 238 Å². The second kappa shape index (κ2) is 40.0. The zero-order valence-corrected chi connectivity index (χ0v) is 82.3. The van der Waals surface area contributed by atoms with Crippen LogP contribution in [0, 0.1) is 0 Å². The molecule has 0 spiro atoms. The van der Waals surface area contributed by atoms with Crippen LogP contribution in [-0.4, -0.2) is 223 Å². The minimum atomic E-state index is 0.0803. The molecular weight excluding hydrogens is 1810 g/mol. The van der Waals surface area contributed by atoms with Gasteiger partial charge in [-0.15, -0.1) is 0 Å². The van der Waals surface area contributed by atoms with Gasteiger partial charge in [0.05, 0.1) is 130 Å². The van der Waals surface area contributed by atoms with E-state index in [9.17, 15) is 30.6 Å². The fraction of sp³-hybridized carbons (Fsp3) is 0.310. The Morgan fingerprint density at radius 1 is 0.317 bits per heavy atom. The summed E-state index contributed by atoms with van der Waals surface area (Å²) in [6.45, 7) is 9.68. The third-order valence-corrected chi connectivity index (χ3v) is 30.4. The lowest BCUT2D eigenvalue weighted by molar-refractivity contribution is 0.122. The fourth-order valence-electron chi connectivity index (χ4n) is 23.2. The average molecular weight is 1930 g/mol. The number of aromatic nitrogens is 15. The molecule has 0 amide bonds. The molecule has 7 aliphatic rings. The molecule has 20 aromatic rings. The van der Waals surface area contributed by atoms with Gasteiger partial charge in [-0.1, -0.05) is 0 Å². The maximum absolute atomic E-state index is 9.74. The number of piperazine rings is 1. The predicted molar refractivity (Wildman–Crippen MR) is 580 cm³/mol. The van der Waals surface area contributed by atoms with E-state index in [1.807, 2.05) is 90.8 Å². The molecular formula is C116H120N22O7. The number of nitrogen functional groups attached to an aromatic ring is 1. The summed E-state index contributed by atoms with van der Waals surface area (Å²) >= 11 is 0. The number of likely N-dealkylation sites (N-methyl/N-ethyl adjacent to an activating group) is 3. The number of aromatic hydroxyl groups is 5. The fourth-order valence-corrected chi connectivity index (χ4v) is 23.2. The van der Waals surface area contributed by atoms with Gasteiger partial charge >= 0.3 is 0 Å². The number of anilines is 5. The molecule has 0 unspecified atom stereocenters. The number of hydrogen-bond donors (Lipinski definition) is 13. The number of hydrogen-bond acceptors (Lipinski definition) is 24. The van der Waals surface area contributed by atoms with Crippen LogP contribution in [0.15, 0.2) is 182 Å². The predicted octanol–water partition coefficient (Wildman–Crippen LogP) is 20.4. The standard InChI is InChI=1S/C25H27N5O.C24H27N5O.C24H24N4O2.C23H24N4O2.C20H18N4O/c1-29-12-14-30(15-13-29)25-23-21(27-28-25)11-10-20-22(23)18-4-2-3-5-19(18)24(26-20)16-6-8-17(31)9-7-16;1-29(2)14-13-25-24-22-20(27-28-24)12-11-19-21(22)17-5-3-4-6-18(17)23(26-19)15-7-9-16(30)10-8-15;29-16-7-5-15(6-8-16)23-18-4-2-1-3-17(18)21-19(25-23)9-10-20-22(21)24(27-26-20)28-11-13-30-14-12-28;1-27(12-13-28)23-21-19(25-26-23)11-10-18-20(21)16-4-2-3-5-17(16)22(24-18)14-6-8-15(29)9-7-14;21-20-18-16(23-24-20)10-9-15-17(18)13-3-1-2-4-14(13)19(22-15)11-5-7-12(25)8-6-11/h6-11,31H,2-5,12-15H2,1H3,(H,27,28);7-12,30H,3-6,13-14H2,1-2H3,(H2,25,27,28);5-10,29H,1-4,11-14H2,(H,26,27);6-11,28-29H,2-5,12-13H2,1H3,(H,25,26);5-10,25H,1-4H2,(H3,21,23,24). The molecule has 2 saturated heterocycles. The van der Waals surface area contributed by atoms with Crippen molar-refractivity contribution in [1.82, 2.24) is 85.7 Å². The van der Waals surface area contributed by atoms with Crippen LogP contribution in [0.1, 0.15) is 120 Å². The highest BCUT2D eigenvalue weighted by Gasteiger charge is 2.33. The van der Waals surface area contributed by atoms with Crippen molar-refractivity contribution in [2.24, 2.45) is 0 Å². The molecule has 10 aromatic carbocycles. The molecule has 12 heterocycles. The van der Waals surface area contributed by atoms with Gasteiger partial charge in [0.25, 0.3) is 0 Å². The number of nitrogens with zero attached hydrogens (tertiary/aromatic N) is 15. The number of ether oxygens (including phenoxy) is 1. The van der Waals surface area contributed by atoms with Crippen molar-refractivity contribution >= 4 is 138 Å².